The van der Waals surface area contributed by atoms with Crippen molar-refractivity contribution >= 4 is 44.6 Å². The maximum absolute atomic E-state index is 14.9. The molecular formula is C41H49F4N7O9S. The minimum Gasteiger partial charge on any atom is -0.491 e. The van der Waals surface area contributed by atoms with Crippen LogP contribution in [0.2, 0.25) is 0 Å². The van der Waals surface area contributed by atoms with Crippen LogP contribution in [-0.4, -0.2) is 106 Å². The van der Waals surface area contributed by atoms with Crippen molar-refractivity contribution in [3.05, 3.63) is 54.1 Å². The van der Waals surface area contributed by atoms with Crippen LogP contribution in [0.25, 0.3) is 10.9 Å². The molecule has 1 aromatic carbocycles. The lowest BCUT2D eigenvalue weighted by atomic mass is 10.0. The quantitative estimate of drug-likeness (QED) is 0.181. The summed E-state index contributed by atoms with van der Waals surface area (Å²) in [6.07, 6.45) is 1.75. The zero-order valence-electron chi connectivity index (χ0n) is 34.6. The van der Waals surface area contributed by atoms with Crippen molar-refractivity contribution in [2.75, 3.05) is 13.7 Å². The van der Waals surface area contributed by atoms with Crippen LogP contribution in [0.15, 0.2) is 42.6 Å². The third-order valence-electron chi connectivity index (χ3n) is 11.7. The predicted octanol–water partition coefficient (Wildman–Crippen LogP) is 4.47. The molecule has 16 nitrogen and oxygen atoms in total. The van der Waals surface area contributed by atoms with E-state index in [1.54, 1.807) is 19.9 Å². The van der Waals surface area contributed by atoms with Crippen molar-refractivity contribution < 1.29 is 59.4 Å². The topological polar surface area (TPSA) is 200 Å². The summed E-state index contributed by atoms with van der Waals surface area (Å²) in [6.45, 7) is 3.39. The van der Waals surface area contributed by atoms with E-state index in [9.17, 15) is 45.2 Å². The van der Waals surface area contributed by atoms with E-state index in [1.165, 1.54) is 37.1 Å². The molecule has 4 heterocycles. The monoisotopic (exact) mass is 891 g/mol. The summed E-state index contributed by atoms with van der Waals surface area (Å²) in [6, 6.07) is 2.57. The van der Waals surface area contributed by atoms with Crippen molar-refractivity contribution in [1.29, 1.82) is 0 Å². The molecule has 2 aromatic heterocycles. The molecule has 0 spiro atoms. The molecule has 0 radical (unpaired) electrons. The van der Waals surface area contributed by atoms with E-state index in [1.807, 2.05) is 6.08 Å². The number of alkyl halides is 3. The van der Waals surface area contributed by atoms with Crippen LogP contribution in [0.5, 0.6) is 17.4 Å². The maximum Gasteiger partial charge on any atom is 0.408 e. The molecule has 2 saturated carbocycles. The Bertz CT molecular complexity index is 2390. The third-order valence-corrected chi connectivity index (χ3v) is 13.8. The van der Waals surface area contributed by atoms with Crippen molar-refractivity contribution in [1.82, 2.24) is 35.0 Å². The number of carbonyl (C=O) groups is 4. The van der Waals surface area contributed by atoms with Gasteiger partial charge in [-0.25, -0.2) is 17.8 Å². The molecule has 5 atom stereocenters. The van der Waals surface area contributed by atoms with Gasteiger partial charge in [-0.3, -0.25) is 28.6 Å². The van der Waals surface area contributed by atoms with E-state index in [-0.39, 0.29) is 60.5 Å². The molecule has 3 N–H and O–H groups in total. The first-order valence-electron chi connectivity index (χ1n) is 20.5. The number of pyridine rings is 1. The van der Waals surface area contributed by atoms with Gasteiger partial charge in [-0.2, -0.15) is 18.3 Å². The number of sulfonamides is 1. The largest absolute Gasteiger partial charge is 0.491 e. The van der Waals surface area contributed by atoms with E-state index in [4.69, 9.17) is 14.2 Å². The second-order valence-corrected chi connectivity index (χ2v) is 19.0. The van der Waals surface area contributed by atoms with E-state index in [0.29, 0.717) is 48.6 Å². The number of nitrogens with zero attached hydrogens (tertiary/aromatic N) is 4. The lowest BCUT2D eigenvalue weighted by molar-refractivity contribution is -0.142. The smallest absolute Gasteiger partial charge is 0.408 e. The molecule has 336 valence electrons. The Labute approximate surface area is 355 Å². The van der Waals surface area contributed by atoms with Gasteiger partial charge < -0.3 is 29.7 Å². The van der Waals surface area contributed by atoms with Crippen LogP contribution in [-0.2, 0) is 31.0 Å². The lowest BCUT2D eigenvalue weighted by Crippen LogP contribution is -2.58. The molecule has 0 unspecified atom stereocenters. The van der Waals surface area contributed by atoms with Gasteiger partial charge >= 0.3 is 6.18 Å². The number of benzene rings is 1. The zero-order chi connectivity index (χ0) is 44.8. The van der Waals surface area contributed by atoms with E-state index >= 15 is 0 Å². The molecule has 1 saturated heterocycles. The fraction of sp³-hybridized carbons (Fsp3) is 0.561. The number of ether oxygens (including phenoxy) is 3. The molecule has 62 heavy (non-hydrogen) atoms. The second-order valence-electron chi connectivity index (χ2n) is 16.8. The molecule has 21 heteroatoms. The number of carbonyl (C=O) groups excluding carboxylic acids is 4. The average Bonchev–Trinajstić information content (AvgIpc) is 3.98. The number of fused-ring (bicyclic) bond motifs is 3. The number of methoxy groups -OCH3 is 1. The van der Waals surface area contributed by atoms with E-state index in [0.717, 1.165) is 12.3 Å². The Morgan fingerprint density at radius 1 is 1.11 bits per heavy atom. The Hall–Kier alpha value is -5.47. The predicted molar refractivity (Wildman–Crippen MR) is 214 cm³/mol. The molecule has 3 fully saturated rings. The summed E-state index contributed by atoms with van der Waals surface area (Å²) in [5.41, 5.74) is -1.94. The second kappa shape index (κ2) is 17.0. The van der Waals surface area contributed by atoms with Gasteiger partial charge in [0.05, 0.1) is 24.5 Å². The first-order valence-corrected chi connectivity index (χ1v) is 22.0. The first-order chi connectivity index (χ1) is 29.2. The number of hydrogen-bond donors (Lipinski definition) is 3. The van der Waals surface area contributed by atoms with Gasteiger partial charge in [0, 0.05) is 30.0 Å². The van der Waals surface area contributed by atoms with Gasteiger partial charge in [0.25, 0.3) is 11.8 Å². The van der Waals surface area contributed by atoms with Crippen molar-refractivity contribution in [2.45, 2.75) is 126 Å². The molecular weight excluding hydrogens is 843 g/mol. The van der Waals surface area contributed by atoms with Gasteiger partial charge in [0.15, 0.2) is 11.6 Å². The van der Waals surface area contributed by atoms with Gasteiger partial charge in [-0.15, -0.1) is 0 Å². The minimum absolute atomic E-state index is 0.0734. The van der Waals surface area contributed by atoms with Gasteiger partial charge in [0.1, 0.15) is 47.2 Å². The van der Waals surface area contributed by atoms with Gasteiger partial charge in [-0.05, 0) is 77.5 Å². The zero-order valence-corrected chi connectivity index (χ0v) is 35.4. The minimum atomic E-state index is -4.60. The Morgan fingerprint density at radius 2 is 1.87 bits per heavy atom. The van der Waals surface area contributed by atoms with Crippen LogP contribution in [0.4, 0.5) is 17.6 Å². The summed E-state index contributed by atoms with van der Waals surface area (Å²) in [5.74, 6) is -4.51. The molecule has 2 aliphatic heterocycles. The number of halogens is 4. The Balaban J connectivity index is 1.23. The summed E-state index contributed by atoms with van der Waals surface area (Å²) >= 11 is 0. The number of rotatable bonds is 11. The van der Waals surface area contributed by atoms with Gasteiger partial charge in [0.2, 0.25) is 27.7 Å². The van der Waals surface area contributed by atoms with Crippen LogP contribution in [0, 0.1) is 11.7 Å². The van der Waals surface area contributed by atoms with Crippen LogP contribution in [0.1, 0.15) is 89.0 Å². The average molecular weight is 892 g/mol. The number of nitrogens with one attached hydrogen (secondary N) is 3. The van der Waals surface area contributed by atoms with Crippen LogP contribution in [0.3, 0.4) is 0 Å². The number of aromatic nitrogens is 3. The highest BCUT2D eigenvalue weighted by Crippen LogP contribution is 2.48. The number of allylic oxidation sites excluding steroid dienone is 1. The van der Waals surface area contributed by atoms with Crippen molar-refractivity contribution in [3.63, 3.8) is 0 Å². The summed E-state index contributed by atoms with van der Waals surface area (Å²) < 4.78 is 99.9. The highest BCUT2D eigenvalue weighted by atomic mass is 32.2. The summed E-state index contributed by atoms with van der Waals surface area (Å²) in [5, 5.41) is 9.49. The summed E-state index contributed by atoms with van der Waals surface area (Å²) in [7, 11) is -2.82. The van der Waals surface area contributed by atoms with Crippen molar-refractivity contribution in [2.24, 2.45) is 5.92 Å². The molecule has 0 bridgehead atoms. The van der Waals surface area contributed by atoms with Crippen molar-refractivity contribution in [3.8, 4) is 17.4 Å². The molecule has 4 aliphatic rings. The number of amides is 4. The molecule has 3 aromatic rings. The normalized spacial score (nSPS) is 25.7. The van der Waals surface area contributed by atoms with Crippen LogP contribution < -0.4 is 29.6 Å². The summed E-state index contributed by atoms with van der Waals surface area (Å²) in [4.78, 5) is 62.4. The third kappa shape index (κ3) is 9.46. The maximum atomic E-state index is 14.9. The Morgan fingerprint density at radius 3 is 2.56 bits per heavy atom. The fourth-order valence-electron chi connectivity index (χ4n) is 7.90. The van der Waals surface area contributed by atoms with Gasteiger partial charge in [-0.1, -0.05) is 25.0 Å². The lowest BCUT2D eigenvalue weighted by Gasteiger charge is -2.30. The molecule has 4 amide bonds. The molecule has 7 rings (SSSR count). The van der Waals surface area contributed by atoms with E-state index in [2.05, 4.69) is 25.4 Å². The standard InChI is InChI=1S/C41H49F4N7O9S/c1-23(2)60-32-19-31(26-12-13-27(42)34(59-4)33(26)47-32)61-25-18-30-36(54)48-40(38(56)50-62(57,58)39(3)15-16-39)20-24(40)10-8-6-5-7-9-11-29(37(55)52(30)21-25)46-35(53)28-14-17-51(49-28)22-41(43,44)45/h8,10,12-14,17,19,23-25,29-30H,5-7,9,11,15-16,18,20-22H2,1-4H3,(H,46,53)(H,48,54)(H,50,56)/b10-8-/t24-,25-,29+,30+,40-/m1/s1. The first kappa shape index (κ1) is 44.6. The highest BCUT2D eigenvalue weighted by molar-refractivity contribution is 7.91. The Kier molecular flexibility index (Phi) is 12.2. The SMILES string of the molecule is COc1c(F)ccc2c(O[C@@H]3C[C@H]4C(=O)N[C@]5(C(=O)NS(=O)(=O)C6(C)CC6)C[C@H]5/C=C\CCCCC[C@H](NC(=O)c5ccn(CC(F)(F)F)n5)C(=O)N4C3)cc(OC(C)C)nc12. The number of hydrogen-bond acceptors (Lipinski definition) is 11. The highest BCUT2D eigenvalue weighted by Gasteiger charge is 2.63. The fourth-order valence-corrected chi connectivity index (χ4v) is 9.21. The molecule has 2 aliphatic carbocycles. The van der Waals surface area contributed by atoms with Crippen LogP contribution >= 0.6 is 0 Å². The van der Waals surface area contributed by atoms with E-state index < -0.39 is 86.6 Å².